The molecule has 0 aromatic carbocycles. The van der Waals surface area contributed by atoms with Crippen LogP contribution in [0.5, 0.6) is 0 Å². The topological polar surface area (TPSA) is 66.8 Å². The Labute approximate surface area is 154 Å². The van der Waals surface area contributed by atoms with Gasteiger partial charge in [-0.2, -0.15) is 0 Å². The Balaban J connectivity index is 3.47. The number of ether oxygens (including phenoxy) is 1. The normalized spacial score (nSPS) is 13.9. The van der Waals surface area contributed by atoms with E-state index in [2.05, 4.69) is 11.7 Å². The summed E-state index contributed by atoms with van der Waals surface area (Å²) in [5.74, 6) is -0.127. The van der Waals surface area contributed by atoms with E-state index in [-0.39, 0.29) is 5.97 Å². The second kappa shape index (κ2) is 17.9. The lowest BCUT2D eigenvalue weighted by Gasteiger charge is -2.08. The summed E-state index contributed by atoms with van der Waals surface area (Å²) in [6.45, 7) is 2.20. The molecule has 0 amide bonds. The third kappa shape index (κ3) is 17.7. The summed E-state index contributed by atoms with van der Waals surface area (Å²) in [4.78, 5) is 11.0. The number of aliphatic hydroxyl groups excluding tert-OH is 2. The minimum atomic E-state index is -0.450. The lowest BCUT2D eigenvalue weighted by molar-refractivity contribution is -0.140. The molecule has 0 unspecified atom stereocenters. The second-order valence-corrected chi connectivity index (χ2v) is 6.96. The van der Waals surface area contributed by atoms with Gasteiger partial charge in [0.15, 0.2) is 0 Å². The van der Waals surface area contributed by atoms with E-state index < -0.39 is 12.2 Å². The Morgan fingerprint density at radius 3 is 1.72 bits per heavy atom. The minimum Gasteiger partial charge on any atom is -0.469 e. The molecule has 148 valence electrons. The van der Waals surface area contributed by atoms with Gasteiger partial charge in [-0.25, -0.2) is 0 Å². The average Bonchev–Trinajstić information content (AvgIpc) is 2.61. The number of hydrogen-bond acceptors (Lipinski definition) is 4. The van der Waals surface area contributed by atoms with Crippen LogP contribution in [0.2, 0.25) is 0 Å². The van der Waals surface area contributed by atoms with Gasteiger partial charge in [-0.05, 0) is 19.3 Å². The van der Waals surface area contributed by atoms with Gasteiger partial charge in [0.05, 0.1) is 19.3 Å². The molecule has 0 spiro atoms. The van der Waals surface area contributed by atoms with Crippen molar-refractivity contribution in [3.8, 4) is 0 Å². The van der Waals surface area contributed by atoms with Gasteiger partial charge in [0, 0.05) is 6.42 Å². The lowest BCUT2D eigenvalue weighted by atomic mass is 10.0. The summed E-state index contributed by atoms with van der Waals surface area (Å²) in [6, 6.07) is 0. The maximum absolute atomic E-state index is 11.0. The van der Waals surface area contributed by atoms with E-state index in [9.17, 15) is 15.0 Å². The quantitative estimate of drug-likeness (QED) is 0.220. The van der Waals surface area contributed by atoms with Crippen LogP contribution >= 0.6 is 0 Å². The van der Waals surface area contributed by atoms with Gasteiger partial charge >= 0.3 is 5.97 Å². The third-order valence-corrected chi connectivity index (χ3v) is 4.52. The molecule has 0 aliphatic carbocycles. The van der Waals surface area contributed by atoms with Crippen molar-refractivity contribution in [2.45, 2.75) is 109 Å². The van der Waals surface area contributed by atoms with Crippen LogP contribution in [0.4, 0.5) is 0 Å². The third-order valence-electron chi connectivity index (χ3n) is 4.52. The molecule has 0 radical (unpaired) electrons. The first-order valence-corrected chi connectivity index (χ1v) is 10.2. The maximum atomic E-state index is 11.0. The van der Waals surface area contributed by atoms with Gasteiger partial charge in [-0.1, -0.05) is 83.3 Å². The second-order valence-electron chi connectivity index (χ2n) is 6.96. The lowest BCUT2D eigenvalue weighted by Crippen LogP contribution is -2.06. The first-order valence-electron chi connectivity index (χ1n) is 10.2. The standard InChI is InChI=1S/C21H40O4/c1-3-4-5-8-11-14-19(22)17-18-20(23)15-12-9-6-7-10-13-16-21(24)25-2/h17-20,22-23H,3-16H2,1-2H3/b18-17+/t19-,20-/m0/s1. The molecule has 0 aliphatic heterocycles. The van der Waals surface area contributed by atoms with Crippen LogP contribution in [0.3, 0.4) is 0 Å². The summed E-state index contributed by atoms with van der Waals surface area (Å²) in [5.41, 5.74) is 0. The molecule has 4 nitrogen and oxygen atoms in total. The molecule has 0 aliphatic rings. The molecule has 0 saturated heterocycles. The van der Waals surface area contributed by atoms with Gasteiger partial charge in [-0.15, -0.1) is 0 Å². The summed E-state index contributed by atoms with van der Waals surface area (Å²) in [7, 11) is 1.43. The molecule has 25 heavy (non-hydrogen) atoms. The van der Waals surface area contributed by atoms with E-state index >= 15 is 0 Å². The first kappa shape index (κ1) is 24.1. The van der Waals surface area contributed by atoms with E-state index in [1.54, 1.807) is 12.2 Å². The highest BCUT2D eigenvalue weighted by Crippen LogP contribution is 2.12. The van der Waals surface area contributed by atoms with Gasteiger partial charge in [-0.3, -0.25) is 4.79 Å². The number of hydrogen-bond donors (Lipinski definition) is 2. The number of esters is 1. The van der Waals surface area contributed by atoms with Crippen LogP contribution in [0, 0.1) is 0 Å². The van der Waals surface area contributed by atoms with Gasteiger partial charge < -0.3 is 14.9 Å². The predicted molar refractivity (Wildman–Crippen MR) is 103 cm³/mol. The molecule has 2 atom stereocenters. The molecule has 0 bridgehead atoms. The summed E-state index contributed by atoms with van der Waals surface area (Å²) < 4.78 is 4.61. The summed E-state index contributed by atoms with van der Waals surface area (Å²) in [5, 5.41) is 19.8. The zero-order valence-electron chi connectivity index (χ0n) is 16.4. The van der Waals surface area contributed by atoms with E-state index in [1.165, 1.54) is 32.8 Å². The van der Waals surface area contributed by atoms with Crippen LogP contribution < -0.4 is 0 Å². The monoisotopic (exact) mass is 356 g/mol. The highest BCUT2D eigenvalue weighted by molar-refractivity contribution is 5.68. The van der Waals surface area contributed by atoms with Crippen molar-refractivity contribution in [2.24, 2.45) is 0 Å². The highest BCUT2D eigenvalue weighted by atomic mass is 16.5. The fraction of sp³-hybridized carbons (Fsp3) is 0.857. The Bertz CT molecular complexity index is 328. The predicted octanol–water partition coefficient (Wildman–Crippen LogP) is 4.92. The summed E-state index contributed by atoms with van der Waals surface area (Å²) in [6.07, 6.45) is 17.0. The molecular formula is C21H40O4. The Morgan fingerprint density at radius 2 is 1.24 bits per heavy atom. The number of carbonyl (C=O) groups excluding carboxylic acids is 1. The number of methoxy groups -OCH3 is 1. The zero-order valence-corrected chi connectivity index (χ0v) is 16.4. The number of aliphatic hydroxyl groups is 2. The fourth-order valence-corrected chi connectivity index (χ4v) is 2.84. The first-order chi connectivity index (χ1) is 12.1. The van der Waals surface area contributed by atoms with Crippen molar-refractivity contribution >= 4 is 5.97 Å². The van der Waals surface area contributed by atoms with Gasteiger partial charge in [0.25, 0.3) is 0 Å². The number of rotatable bonds is 17. The number of unbranched alkanes of at least 4 members (excludes halogenated alkanes) is 9. The Hall–Kier alpha value is -0.870. The van der Waals surface area contributed by atoms with E-state index in [0.29, 0.717) is 6.42 Å². The molecular weight excluding hydrogens is 316 g/mol. The molecule has 0 fully saturated rings. The van der Waals surface area contributed by atoms with Crippen LogP contribution in [0.15, 0.2) is 12.2 Å². The van der Waals surface area contributed by atoms with Gasteiger partial charge in [0.2, 0.25) is 0 Å². The van der Waals surface area contributed by atoms with E-state index in [0.717, 1.165) is 57.8 Å². The molecule has 0 rings (SSSR count). The smallest absolute Gasteiger partial charge is 0.305 e. The van der Waals surface area contributed by atoms with Crippen LogP contribution in [0.1, 0.15) is 96.8 Å². The van der Waals surface area contributed by atoms with Gasteiger partial charge in [0.1, 0.15) is 0 Å². The van der Waals surface area contributed by atoms with Crippen LogP contribution in [-0.2, 0) is 9.53 Å². The zero-order chi connectivity index (χ0) is 18.8. The average molecular weight is 357 g/mol. The Morgan fingerprint density at radius 1 is 0.800 bits per heavy atom. The van der Waals surface area contributed by atoms with Crippen molar-refractivity contribution in [2.75, 3.05) is 7.11 Å². The molecule has 0 aromatic heterocycles. The minimum absolute atomic E-state index is 0.127. The summed E-state index contributed by atoms with van der Waals surface area (Å²) >= 11 is 0. The SMILES string of the molecule is CCCCCCC[C@H](O)/C=C/[C@@H](O)CCCCCCCCC(=O)OC. The van der Waals surface area contributed by atoms with Crippen molar-refractivity contribution in [3.05, 3.63) is 12.2 Å². The van der Waals surface area contributed by atoms with Crippen molar-refractivity contribution < 1.29 is 19.7 Å². The molecule has 0 aromatic rings. The Kier molecular flexibility index (Phi) is 17.3. The van der Waals surface area contributed by atoms with Crippen molar-refractivity contribution in [1.82, 2.24) is 0 Å². The van der Waals surface area contributed by atoms with Crippen molar-refractivity contribution in [1.29, 1.82) is 0 Å². The van der Waals surface area contributed by atoms with Crippen LogP contribution in [-0.4, -0.2) is 35.5 Å². The number of carbonyl (C=O) groups is 1. The molecule has 0 heterocycles. The fourth-order valence-electron chi connectivity index (χ4n) is 2.84. The van der Waals surface area contributed by atoms with Crippen molar-refractivity contribution in [3.63, 3.8) is 0 Å². The van der Waals surface area contributed by atoms with E-state index in [4.69, 9.17) is 0 Å². The molecule has 2 N–H and O–H groups in total. The molecule has 0 saturated carbocycles. The molecule has 4 heteroatoms. The largest absolute Gasteiger partial charge is 0.469 e. The van der Waals surface area contributed by atoms with Crippen LogP contribution in [0.25, 0.3) is 0 Å². The van der Waals surface area contributed by atoms with E-state index in [1.807, 2.05) is 0 Å². The highest BCUT2D eigenvalue weighted by Gasteiger charge is 2.03. The maximum Gasteiger partial charge on any atom is 0.305 e.